The molecule has 1 aliphatic heterocycles. The minimum atomic E-state index is -5.23. The Morgan fingerprint density at radius 2 is 1.81 bits per heavy atom. The Kier molecular flexibility index (Phi) is 9.72. The number of carbonyl (C=O) groups excluding carboxylic acids is 1. The fourth-order valence-electron chi connectivity index (χ4n) is 4.81. The van der Waals surface area contributed by atoms with Crippen LogP contribution in [0.4, 0.5) is 4.79 Å². The smallest absolute Gasteiger partial charge is 0.469 e. The molecule has 16 heteroatoms. The molecule has 1 aliphatic carbocycles. The first-order valence-electron chi connectivity index (χ1n) is 13.4. The number of fused-ring (bicyclic) bond motifs is 1. The highest BCUT2D eigenvalue weighted by atomic mass is 32.2. The first-order valence-corrected chi connectivity index (χ1v) is 16.4. The molecule has 2 aromatic carbocycles. The van der Waals surface area contributed by atoms with Crippen LogP contribution in [0.5, 0.6) is 17.2 Å². The lowest BCUT2D eigenvalue weighted by atomic mass is 10.0. The van der Waals surface area contributed by atoms with Gasteiger partial charge in [-0.2, -0.15) is 0 Å². The van der Waals surface area contributed by atoms with Crippen molar-refractivity contribution in [3.05, 3.63) is 72.7 Å². The van der Waals surface area contributed by atoms with Gasteiger partial charge in [0.2, 0.25) is 6.79 Å². The van der Waals surface area contributed by atoms with Gasteiger partial charge < -0.3 is 33.7 Å². The van der Waals surface area contributed by atoms with Crippen LogP contribution in [0.15, 0.2) is 76.4 Å². The Bertz CT molecular complexity index is 1520. The Labute approximate surface area is 247 Å². The van der Waals surface area contributed by atoms with Gasteiger partial charge in [-0.3, -0.25) is 9.36 Å². The number of furan rings is 1. The third kappa shape index (κ3) is 8.36. The molecule has 0 saturated heterocycles. The molecule has 1 saturated carbocycles. The zero-order valence-corrected chi connectivity index (χ0v) is 24.5. The van der Waals surface area contributed by atoms with Crippen LogP contribution in [0.1, 0.15) is 31.2 Å². The van der Waals surface area contributed by atoms with Crippen molar-refractivity contribution in [3.8, 4) is 17.2 Å². The second-order valence-corrected chi connectivity index (χ2v) is 13.0. The molecule has 14 nitrogen and oxygen atoms in total. The quantitative estimate of drug-likeness (QED) is 0.182. The van der Waals surface area contributed by atoms with E-state index in [9.17, 15) is 27.6 Å². The Morgan fingerprint density at radius 3 is 2.51 bits per heavy atom. The van der Waals surface area contributed by atoms with Gasteiger partial charge in [-0.15, -0.1) is 0 Å². The molecule has 0 unspecified atom stereocenters. The van der Waals surface area contributed by atoms with Gasteiger partial charge in [0.1, 0.15) is 12.4 Å². The van der Waals surface area contributed by atoms with Gasteiger partial charge in [0.05, 0.1) is 29.8 Å². The maximum Gasteiger partial charge on any atom is 0.469 e. The van der Waals surface area contributed by atoms with E-state index in [2.05, 4.69) is 5.32 Å². The van der Waals surface area contributed by atoms with Gasteiger partial charge in [0.25, 0.3) is 10.0 Å². The highest BCUT2D eigenvalue weighted by Crippen LogP contribution is 2.40. The van der Waals surface area contributed by atoms with E-state index in [1.165, 1.54) is 36.8 Å². The van der Waals surface area contributed by atoms with Crippen molar-refractivity contribution in [1.29, 1.82) is 0 Å². The van der Waals surface area contributed by atoms with Crippen molar-refractivity contribution in [2.75, 3.05) is 13.3 Å². The predicted molar refractivity (Wildman–Crippen MR) is 149 cm³/mol. The predicted octanol–water partition coefficient (Wildman–Crippen LogP) is 3.75. The van der Waals surface area contributed by atoms with Gasteiger partial charge in [0, 0.05) is 12.1 Å². The summed E-state index contributed by atoms with van der Waals surface area (Å²) in [5, 5.41) is 2.57. The normalized spacial score (nSPS) is 16.7. The number of carbonyl (C=O) groups is 1. The number of ether oxygens (including phenoxy) is 3. The minimum Gasteiger partial charge on any atom is -0.469 e. The molecule has 232 valence electrons. The first-order chi connectivity index (χ1) is 20.6. The van der Waals surface area contributed by atoms with E-state index < -0.39 is 48.7 Å². The van der Waals surface area contributed by atoms with Crippen molar-refractivity contribution < 1.29 is 55.6 Å². The fourth-order valence-corrected chi connectivity index (χ4v) is 6.69. The summed E-state index contributed by atoms with van der Waals surface area (Å²) in [5.41, 5.74) is 0.664. The zero-order chi connectivity index (χ0) is 30.5. The minimum absolute atomic E-state index is 0.00661. The lowest BCUT2D eigenvalue weighted by Crippen LogP contribution is -2.52. The van der Waals surface area contributed by atoms with Gasteiger partial charge in [-0.1, -0.05) is 47.6 Å². The second kappa shape index (κ2) is 13.5. The highest BCUT2D eigenvalue weighted by molar-refractivity contribution is 7.89. The summed E-state index contributed by atoms with van der Waals surface area (Å²) >= 11 is 0. The highest BCUT2D eigenvalue weighted by Gasteiger charge is 2.39. The number of phosphoric ester groups is 1. The van der Waals surface area contributed by atoms with E-state index in [1.54, 1.807) is 30.3 Å². The Balaban J connectivity index is 1.48. The topological polar surface area (TPSA) is 183 Å². The van der Waals surface area contributed by atoms with E-state index in [-0.39, 0.29) is 29.6 Å². The number of nitrogens with zero attached hydrogens (tertiary/aromatic N) is 1. The van der Waals surface area contributed by atoms with Crippen LogP contribution in [0.2, 0.25) is 0 Å². The molecule has 3 N–H and O–H groups in total. The van der Waals surface area contributed by atoms with E-state index in [4.69, 9.17) is 28.0 Å². The zero-order valence-electron chi connectivity index (χ0n) is 22.8. The number of hydroxylamine groups is 1. The molecule has 0 spiro atoms. The summed E-state index contributed by atoms with van der Waals surface area (Å²) in [4.78, 5) is 38.4. The van der Waals surface area contributed by atoms with E-state index >= 15 is 0 Å². The van der Waals surface area contributed by atoms with Gasteiger partial charge in [0.15, 0.2) is 17.2 Å². The lowest BCUT2D eigenvalue weighted by Gasteiger charge is -2.33. The van der Waals surface area contributed by atoms with Gasteiger partial charge in [-0.05, 0) is 37.0 Å². The van der Waals surface area contributed by atoms with Crippen LogP contribution < -0.4 is 19.5 Å². The maximum absolute atomic E-state index is 14.0. The standard InChI is InChI=1S/C27H31N2O12PS/c30-27(39-21-12-13-36-17-21)28-23(14-19-6-2-1-3-7-19)26(41-42(31,32)33)16-29(40-20-8-4-5-9-20)43(34,35)22-10-11-24-25(15-22)38-18-37-24/h1-3,6-7,10-13,15,17,20,23,26H,4-5,8-9,14,16,18H2,(H,28,30)(H2,31,32,33)/t23-,26-/m0/s1. The number of hydrogen-bond donors (Lipinski definition) is 3. The molecule has 43 heavy (non-hydrogen) atoms. The summed E-state index contributed by atoms with van der Waals surface area (Å²) in [7, 11) is -9.68. The molecule has 2 aliphatic rings. The summed E-state index contributed by atoms with van der Waals surface area (Å²) < 4.78 is 66.7. The van der Waals surface area contributed by atoms with Crippen molar-refractivity contribution in [3.63, 3.8) is 0 Å². The third-order valence-corrected chi connectivity index (χ3v) is 9.00. The summed E-state index contributed by atoms with van der Waals surface area (Å²) in [6, 6.07) is 13.0. The molecule has 2 atom stereocenters. The van der Waals surface area contributed by atoms with Gasteiger partial charge in [-0.25, -0.2) is 17.8 Å². The summed E-state index contributed by atoms with van der Waals surface area (Å²) in [6.07, 6.45) is 2.23. The Hall–Kier alpha value is -3.43. The molecule has 1 amide bonds. The number of benzene rings is 2. The summed E-state index contributed by atoms with van der Waals surface area (Å²) in [5.74, 6) is 0.670. The van der Waals surface area contributed by atoms with E-state index in [0.717, 1.165) is 12.8 Å². The molecule has 0 radical (unpaired) electrons. The molecule has 1 aromatic heterocycles. The molecule has 2 heterocycles. The maximum atomic E-state index is 14.0. The Morgan fingerprint density at radius 1 is 1.07 bits per heavy atom. The monoisotopic (exact) mass is 638 g/mol. The van der Waals surface area contributed by atoms with E-state index in [0.29, 0.717) is 28.6 Å². The fraction of sp³-hybridized carbons (Fsp3) is 0.370. The lowest BCUT2D eigenvalue weighted by molar-refractivity contribution is -0.144. The van der Waals surface area contributed by atoms with Crippen LogP contribution >= 0.6 is 7.82 Å². The SMILES string of the molecule is O=C(N[C@@H](Cc1ccccc1)[C@H](CN(OC1CCCC1)S(=O)(=O)c1ccc2c(c1)OCO2)OP(=O)(O)O)Oc1ccoc1. The van der Waals surface area contributed by atoms with Crippen LogP contribution in [-0.4, -0.2) is 60.4 Å². The summed E-state index contributed by atoms with van der Waals surface area (Å²) in [6.45, 7) is -0.761. The molecule has 0 bridgehead atoms. The van der Waals surface area contributed by atoms with Crippen molar-refractivity contribution >= 4 is 23.9 Å². The number of rotatable bonds is 13. The average molecular weight is 639 g/mol. The van der Waals surface area contributed by atoms with Crippen LogP contribution in [0, 0.1) is 0 Å². The van der Waals surface area contributed by atoms with Crippen molar-refractivity contribution in [1.82, 2.24) is 9.79 Å². The largest absolute Gasteiger partial charge is 0.469 e. The molecular weight excluding hydrogens is 607 g/mol. The number of hydrogen-bond acceptors (Lipinski definition) is 10. The van der Waals surface area contributed by atoms with E-state index in [1.807, 2.05) is 0 Å². The third-order valence-electron chi connectivity index (χ3n) is 6.84. The van der Waals surface area contributed by atoms with Gasteiger partial charge >= 0.3 is 13.9 Å². The van der Waals surface area contributed by atoms with Crippen LogP contribution in [0.25, 0.3) is 0 Å². The number of phosphoric acid groups is 1. The molecular formula is C27H31N2O12PS. The molecule has 5 rings (SSSR count). The molecule has 1 fully saturated rings. The average Bonchev–Trinajstić information content (AvgIpc) is 3.75. The van der Waals surface area contributed by atoms with Crippen molar-refractivity contribution in [2.24, 2.45) is 0 Å². The molecule has 3 aromatic rings. The number of nitrogens with one attached hydrogen (secondary N) is 1. The van der Waals surface area contributed by atoms with Crippen LogP contribution in [-0.2, 0) is 30.4 Å². The van der Waals surface area contributed by atoms with Crippen molar-refractivity contribution in [2.45, 2.75) is 55.2 Å². The first kappa shape index (κ1) is 31.0. The number of amides is 1. The second-order valence-electron chi connectivity index (χ2n) is 9.94. The number of sulfonamides is 1. The van der Waals surface area contributed by atoms with Crippen LogP contribution in [0.3, 0.4) is 0 Å².